The lowest BCUT2D eigenvalue weighted by atomic mass is 10.3. The lowest BCUT2D eigenvalue weighted by Crippen LogP contribution is -1.97. The van der Waals surface area contributed by atoms with Gasteiger partial charge in [0.1, 0.15) is 5.75 Å². The monoisotopic (exact) mass is 216 g/mol. The van der Waals surface area contributed by atoms with Gasteiger partial charge in [0, 0.05) is 11.9 Å². The van der Waals surface area contributed by atoms with Crippen molar-refractivity contribution in [3.63, 3.8) is 0 Å². The number of benzene rings is 1. The average molecular weight is 216 g/mol. The fourth-order valence-electron chi connectivity index (χ4n) is 1.54. The molecule has 0 unspecified atom stereocenters. The summed E-state index contributed by atoms with van der Waals surface area (Å²) in [6.07, 6.45) is 3.29. The molecular formula is C12H12N2O2. The van der Waals surface area contributed by atoms with Gasteiger partial charge in [0.2, 0.25) is 0 Å². The van der Waals surface area contributed by atoms with Gasteiger partial charge in [-0.25, -0.2) is 0 Å². The van der Waals surface area contributed by atoms with Gasteiger partial charge in [0.25, 0.3) is 0 Å². The van der Waals surface area contributed by atoms with Crippen LogP contribution in [0.5, 0.6) is 5.75 Å². The van der Waals surface area contributed by atoms with Crippen molar-refractivity contribution in [2.24, 2.45) is 5.16 Å². The molecule has 0 amide bonds. The molecule has 0 radical (unpaired) electrons. The van der Waals surface area contributed by atoms with Gasteiger partial charge in [-0.05, 0) is 36.4 Å². The van der Waals surface area contributed by atoms with Crippen LogP contribution in [0.3, 0.4) is 0 Å². The van der Waals surface area contributed by atoms with Crippen molar-refractivity contribution in [3.05, 3.63) is 48.3 Å². The summed E-state index contributed by atoms with van der Waals surface area (Å²) in [5, 5.41) is 11.6. The Morgan fingerprint density at radius 2 is 2.00 bits per heavy atom. The van der Waals surface area contributed by atoms with Gasteiger partial charge in [-0.1, -0.05) is 5.16 Å². The lowest BCUT2D eigenvalue weighted by Gasteiger charge is -2.06. The number of rotatable bonds is 3. The van der Waals surface area contributed by atoms with Crippen molar-refractivity contribution in [3.8, 4) is 11.4 Å². The standard InChI is InChI=1S/C12H12N2O2/c1-16-12-6-4-10(5-7-12)14-8-2-3-11(14)9-13-15/h2-9,15H,1H3/b13-9+. The molecule has 0 aliphatic heterocycles. The number of nitrogens with zero attached hydrogens (tertiary/aromatic N) is 2. The summed E-state index contributed by atoms with van der Waals surface area (Å²) in [5.74, 6) is 0.813. The summed E-state index contributed by atoms with van der Waals surface area (Å²) in [7, 11) is 1.63. The van der Waals surface area contributed by atoms with Crippen LogP contribution in [0.4, 0.5) is 0 Å². The molecule has 0 aliphatic carbocycles. The summed E-state index contributed by atoms with van der Waals surface area (Å²) < 4.78 is 7.00. The normalized spacial score (nSPS) is 10.8. The van der Waals surface area contributed by atoms with Gasteiger partial charge >= 0.3 is 0 Å². The molecule has 0 aliphatic rings. The van der Waals surface area contributed by atoms with Gasteiger partial charge < -0.3 is 14.5 Å². The van der Waals surface area contributed by atoms with Crippen molar-refractivity contribution >= 4 is 6.21 Å². The molecule has 4 nitrogen and oxygen atoms in total. The highest BCUT2D eigenvalue weighted by Gasteiger charge is 2.01. The van der Waals surface area contributed by atoms with Crippen molar-refractivity contribution in [1.29, 1.82) is 0 Å². The molecule has 82 valence electrons. The topological polar surface area (TPSA) is 46.8 Å². The van der Waals surface area contributed by atoms with Crippen molar-refractivity contribution < 1.29 is 9.94 Å². The summed E-state index contributed by atoms with van der Waals surface area (Å²) in [6, 6.07) is 11.4. The maximum atomic E-state index is 8.53. The van der Waals surface area contributed by atoms with Crippen LogP contribution in [-0.4, -0.2) is 23.1 Å². The summed E-state index contributed by atoms with van der Waals surface area (Å²) >= 11 is 0. The van der Waals surface area contributed by atoms with E-state index in [1.165, 1.54) is 6.21 Å². The molecule has 0 spiro atoms. The zero-order chi connectivity index (χ0) is 11.4. The van der Waals surface area contributed by atoms with E-state index in [0.717, 1.165) is 17.1 Å². The van der Waals surface area contributed by atoms with Crippen LogP contribution in [-0.2, 0) is 0 Å². The minimum atomic E-state index is 0.813. The second-order valence-electron chi connectivity index (χ2n) is 3.25. The Hall–Kier alpha value is -2.23. The molecule has 1 heterocycles. The highest BCUT2D eigenvalue weighted by Crippen LogP contribution is 2.16. The van der Waals surface area contributed by atoms with Crippen molar-refractivity contribution in [2.75, 3.05) is 7.11 Å². The third kappa shape index (κ3) is 1.91. The van der Waals surface area contributed by atoms with E-state index in [9.17, 15) is 0 Å². The Morgan fingerprint density at radius 3 is 2.62 bits per heavy atom. The van der Waals surface area contributed by atoms with Crippen LogP contribution in [0.25, 0.3) is 5.69 Å². The molecule has 1 aromatic carbocycles. The molecule has 0 saturated carbocycles. The molecule has 2 rings (SSSR count). The van der Waals surface area contributed by atoms with E-state index in [1.54, 1.807) is 7.11 Å². The maximum Gasteiger partial charge on any atom is 0.119 e. The molecule has 4 heteroatoms. The summed E-state index contributed by atoms with van der Waals surface area (Å²) in [5.41, 5.74) is 1.80. The number of oxime groups is 1. The minimum Gasteiger partial charge on any atom is -0.497 e. The smallest absolute Gasteiger partial charge is 0.119 e. The third-order valence-corrected chi connectivity index (χ3v) is 2.32. The van der Waals surface area contributed by atoms with Crippen LogP contribution >= 0.6 is 0 Å². The van der Waals surface area contributed by atoms with Crippen LogP contribution in [0, 0.1) is 0 Å². The second-order valence-corrected chi connectivity index (χ2v) is 3.25. The highest BCUT2D eigenvalue weighted by atomic mass is 16.5. The number of ether oxygens (including phenoxy) is 1. The van der Waals surface area contributed by atoms with E-state index in [-0.39, 0.29) is 0 Å². The number of hydrogen-bond acceptors (Lipinski definition) is 3. The maximum absolute atomic E-state index is 8.53. The van der Waals surface area contributed by atoms with E-state index in [0.29, 0.717) is 0 Å². The molecule has 0 fully saturated rings. The van der Waals surface area contributed by atoms with Crippen LogP contribution in [0.2, 0.25) is 0 Å². The zero-order valence-corrected chi connectivity index (χ0v) is 8.87. The lowest BCUT2D eigenvalue weighted by molar-refractivity contribution is 0.321. The third-order valence-electron chi connectivity index (χ3n) is 2.32. The summed E-state index contributed by atoms with van der Waals surface area (Å²) in [4.78, 5) is 0. The molecular weight excluding hydrogens is 204 g/mol. The first-order valence-electron chi connectivity index (χ1n) is 4.84. The Kier molecular flexibility index (Phi) is 2.91. The second kappa shape index (κ2) is 4.53. The molecule has 16 heavy (non-hydrogen) atoms. The first-order valence-corrected chi connectivity index (χ1v) is 4.84. The van der Waals surface area contributed by atoms with Crippen LogP contribution in [0.1, 0.15) is 5.69 Å². The van der Waals surface area contributed by atoms with Crippen LogP contribution < -0.4 is 4.74 Å². The van der Waals surface area contributed by atoms with E-state index in [4.69, 9.17) is 9.94 Å². The minimum absolute atomic E-state index is 0.813. The zero-order valence-electron chi connectivity index (χ0n) is 8.87. The predicted octanol–water partition coefficient (Wildman–Crippen LogP) is 2.29. The molecule has 0 bridgehead atoms. The van der Waals surface area contributed by atoms with Gasteiger partial charge in [-0.3, -0.25) is 0 Å². The Morgan fingerprint density at radius 1 is 1.25 bits per heavy atom. The largest absolute Gasteiger partial charge is 0.497 e. The first-order chi connectivity index (χ1) is 7.85. The summed E-state index contributed by atoms with van der Waals surface area (Å²) in [6.45, 7) is 0. The fourth-order valence-corrected chi connectivity index (χ4v) is 1.54. The fraction of sp³-hybridized carbons (Fsp3) is 0.0833. The van der Waals surface area contributed by atoms with E-state index in [1.807, 2.05) is 47.2 Å². The molecule has 1 aromatic heterocycles. The first kappa shape index (κ1) is 10.3. The Bertz CT molecular complexity index is 486. The van der Waals surface area contributed by atoms with Crippen molar-refractivity contribution in [2.45, 2.75) is 0 Å². The Labute approximate surface area is 93.4 Å². The van der Waals surface area contributed by atoms with Gasteiger partial charge in [-0.15, -0.1) is 0 Å². The highest BCUT2D eigenvalue weighted by molar-refractivity contribution is 5.78. The van der Waals surface area contributed by atoms with Crippen LogP contribution in [0.15, 0.2) is 47.8 Å². The quantitative estimate of drug-likeness (QED) is 0.486. The van der Waals surface area contributed by atoms with Gasteiger partial charge in [-0.2, -0.15) is 0 Å². The number of methoxy groups -OCH3 is 1. The van der Waals surface area contributed by atoms with Crippen molar-refractivity contribution in [1.82, 2.24) is 4.57 Å². The number of hydrogen-bond donors (Lipinski definition) is 1. The van der Waals surface area contributed by atoms with E-state index < -0.39 is 0 Å². The molecule has 1 N–H and O–H groups in total. The SMILES string of the molecule is COc1ccc(-n2cccc2/C=N/O)cc1. The molecule has 0 saturated heterocycles. The Balaban J connectivity index is 2.38. The predicted molar refractivity (Wildman–Crippen MR) is 61.7 cm³/mol. The molecule has 0 atom stereocenters. The number of aromatic nitrogens is 1. The molecule has 2 aromatic rings. The van der Waals surface area contributed by atoms with E-state index >= 15 is 0 Å². The average Bonchev–Trinajstić information content (AvgIpc) is 2.78. The van der Waals surface area contributed by atoms with Gasteiger partial charge in [0.15, 0.2) is 0 Å². The van der Waals surface area contributed by atoms with Gasteiger partial charge in [0.05, 0.1) is 19.0 Å². The van der Waals surface area contributed by atoms with E-state index in [2.05, 4.69) is 5.16 Å².